The lowest BCUT2D eigenvalue weighted by Gasteiger charge is -2.05. The summed E-state index contributed by atoms with van der Waals surface area (Å²) in [5.74, 6) is 0.919. The molecule has 2 rings (SSSR count). The van der Waals surface area contributed by atoms with Gasteiger partial charge in [-0.1, -0.05) is 6.92 Å². The van der Waals surface area contributed by atoms with Crippen molar-refractivity contribution in [3.8, 4) is 5.75 Å². The Morgan fingerprint density at radius 2 is 2.38 bits per heavy atom. The Morgan fingerprint density at radius 1 is 1.54 bits per heavy atom. The maximum atomic E-state index is 5.26. The van der Waals surface area contributed by atoms with E-state index in [4.69, 9.17) is 4.74 Å². The number of hydrogen-bond donors (Lipinski definition) is 1. The summed E-state index contributed by atoms with van der Waals surface area (Å²) >= 11 is 0. The van der Waals surface area contributed by atoms with Crippen molar-refractivity contribution in [3.05, 3.63) is 24.0 Å². The molecule has 1 aromatic carbocycles. The van der Waals surface area contributed by atoms with Crippen molar-refractivity contribution in [1.82, 2.24) is 9.97 Å². The highest BCUT2D eigenvalue weighted by Gasteiger charge is 2.04. The highest BCUT2D eigenvalue weighted by atomic mass is 16.5. The van der Waals surface area contributed by atoms with Crippen molar-refractivity contribution in [3.63, 3.8) is 0 Å². The number of aromatic nitrogens is 2. The zero-order valence-corrected chi connectivity index (χ0v) is 7.79. The molecule has 3 nitrogen and oxygen atoms in total. The number of methoxy groups -OCH3 is 1. The SMILES string of the molecule is CCc1cc2[nH]cnc2cc1OC.[HH]. The molecular weight excluding hydrogens is 164 g/mol. The van der Waals surface area contributed by atoms with Gasteiger partial charge >= 0.3 is 0 Å². The number of fused-ring (bicyclic) bond motifs is 1. The molecule has 0 bridgehead atoms. The Kier molecular flexibility index (Phi) is 1.93. The monoisotopic (exact) mass is 178 g/mol. The quantitative estimate of drug-likeness (QED) is 0.766. The fourth-order valence-electron chi connectivity index (χ4n) is 1.47. The second kappa shape index (κ2) is 3.09. The van der Waals surface area contributed by atoms with Gasteiger partial charge in [0.15, 0.2) is 0 Å². The molecular formula is C10H14N2O. The Bertz CT molecular complexity index is 387. The molecule has 0 aliphatic heterocycles. The van der Waals surface area contributed by atoms with E-state index in [0.29, 0.717) is 0 Å². The number of rotatable bonds is 2. The van der Waals surface area contributed by atoms with Crippen LogP contribution in [0.15, 0.2) is 18.5 Å². The van der Waals surface area contributed by atoms with E-state index >= 15 is 0 Å². The first-order valence-electron chi connectivity index (χ1n) is 4.35. The maximum Gasteiger partial charge on any atom is 0.124 e. The van der Waals surface area contributed by atoms with Crippen LogP contribution in [0.1, 0.15) is 13.9 Å². The van der Waals surface area contributed by atoms with Crippen molar-refractivity contribution in [2.45, 2.75) is 13.3 Å². The van der Waals surface area contributed by atoms with E-state index in [0.717, 1.165) is 23.2 Å². The van der Waals surface area contributed by atoms with Gasteiger partial charge in [-0.3, -0.25) is 0 Å². The number of benzene rings is 1. The van der Waals surface area contributed by atoms with Gasteiger partial charge in [0.05, 0.1) is 24.5 Å². The van der Waals surface area contributed by atoms with Gasteiger partial charge in [0.1, 0.15) is 5.75 Å². The minimum Gasteiger partial charge on any atom is -0.496 e. The summed E-state index contributed by atoms with van der Waals surface area (Å²) in [7, 11) is 1.69. The van der Waals surface area contributed by atoms with Crippen LogP contribution in [0, 0.1) is 0 Å². The van der Waals surface area contributed by atoms with E-state index in [-0.39, 0.29) is 1.43 Å². The summed E-state index contributed by atoms with van der Waals surface area (Å²) in [4.78, 5) is 7.25. The summed E-state index contributed by atoms with van der Waals surface area (Å²) in [5.41, 5.74) is 3.23. The van der Waals surface area contributed by atoms with E-state index in [1.807, 2.05) is 6.07 Å². The highest BCUT2D eigenvalue weighted by Crippen LogP contribution is 2.23. The normalized spacial score (nSPS) is 10.6. The van der Waals surface area contributed by atoms with Crippen LogP contribution < -0.4 is 4.74 Å². The number of aromatic amines is 1. The lowest BCUT2D eigenvalue weighted by Crippen LogP contribution is -1.90. The molecule has 0 aliphatic carbocycles. The number of nitrogens with zero attached hydrogens (tertiary/aromatic N) is 1. The predicted molar refractivity (Wildman–Crippen MR) is 54.1 cm³/mol. The standard InChI is InChI=1S/C10H12N2O.H2/c1-3-7-4-8-9(12-6-11-8)5-10(7)13-2;/h4-6H,3H2,1-2H3,(H,11,12);1H. The zero-order chi connectivity index (χ0) is 9.26. The minimum absolute atomic E-state index is 0. The van der Waals surface area contributed by atoms with Crippen LogP contribution in [0.3, 0.4) is 0 Å². The lowest BCUT2D eigenvalue weighted by molar-refractivity contribution is 0.411. The van der Waals surface area contributed by atoms with Crippen molar-refractivity contribution in [2.24, 2.45) is 0 Å². The molecule has 0 atom stereocenters. The molecule has 2 aromatic rings. The number of ether oxygens (including phenoxy) is 1. The second-order valence-electron chi connectivity index (χ2n) is 2.94. The van der Waals surface area contributed by atoms with Crippen LogP contribution in [0.4, 0.5) is 0 Å². The fraction of sp³-hybridized carbons (Fsp3) is 0.300. The smallest absolute Gasteiger partial charge is 0.124 e. The summed E-state index contributed by atoms with van der Waals surface area (Å²) in [6.07, 6.45) is 2.67. The van der Waals surface area contributed by atoms with Gasteiger partial charge in [0.25, 0.3) is 0 Å². The summed E-state index contributed by atoms with van der Waals surface area (Å²) in [5, 5.41) is 0. The molecule has 1 heterocycles. The maximum absolute atomic E-state index is 5.26. The molecule has 0 aliphatic rings. The average molecular weight is 178 g/mol. The van der Waals surface area contributed by atoms with Crippen molar-refractivity contribution in [2.75, 3.05) is 7.11 Å². The Hall–Kier alpha value is -1.51. The van der Waals surface area contributed by atoms with Crippen molar-refractivity contribution in [1.29, 1.82) is 0 Å². The van der Waals surface area contributed by atoms with E-state index in [1.165, 1.54) is 5.56 Å². The van der Waals surface area contributed by atoms with Crippen molar-refractivity contribution >= 4 is 11.0 Å². The summed E-state index contributed by atoms with van der Waals surface area (Å²) in [6.45, 7) is 2.11. The molecule has 13 heavy (non-hydrogen) atoms. The molecule has 0 fully saturated rings. The van der Waals surface area contributed by atoms with E-state index < -0.39 is 0 Å². The Morgan fingerprint density at radius 3 is 3.08 bits per heavy atom. The molecule has 1 aromatic heterocycles. The number of aryl methyl sites for hydroxylation is 1. The molecule has 0 radical (unpaired) electrons. The average Bonchev–Trinajstić information content (AvgIpc) is 2.62. The summed E-state index contributed by atoms with van der Waals surface area (Å²) < 4.78 is 5.26. The largest absolute Gasteiger partial charge is 0.496 e. The molecule has 0 saturated carbocycles. The molecule has 0 saturated heterocycles. The minimum atomic E-state index is 0. The van der Waals surface area contributed by atoms with Crippen LogP contribution in [0.2, 0.25) is 0 Å². The number of nitrogens with one attached hydrogen (secondary N) is 1. The third-order valence-electron chi connectivity index (χ3n) is 2.20. The molecule has 3 heteroatoms. The first-order valence-corrected chi connectivity index (χ1v) is 4.35. The first-order chi connectivity index (χ1) is 6.35. The molecule has 0 spiro atoms. The van der Waals surface area contributed by atoms with Crippen molar-refractivity contribution < 1.29 is 6.16 Å². The van der Waals surface area contributed by atoms with Gasteiger partial charge in [-0.15, -0.1) is 0 Å². The zero-order valence-electron chi connectivity index (χ0n) is 7.79. The third-order valence-corrected chi connectivity index (χ3v) is 2.20. The third kappa shape index (κ3) is 1.26. The van der Waals surface area contributed by atoms with Gasteiger partial charge in [0.2, 0.25) is 0 Å². The van der Waals surface area contributed by atoms with E-state index in [2.05, 4.69) is 23.0 Å². The van der Waals surface area contributed by atoms with Gasteiger partial charge in [-0.2, -0.15) is 0 Å². The molecule has 70 valence electrons. The first kappa shape index (κ1) is 8.10. The Balaban J connectivity index is 0.000000980. The molecule has 0 unspecified atom stereocenters. The Labute approximate surface area is 78.2 Å². The van der Waals surface area contributed by atoms with Crippen LogP contribution in [-0.2, 0) is 6.42 Å². The van der Waals surface area contributed by atoms with Gasteiger partial charge < -0.3 is 9.72 Å². The molecule has 1 N–H and O–H groups in total. The van der Waals surface area contributed by atoms with Crippen LogP contribution in [-0.4, -0.2) is 17.1 Å². The van der Waals surface area contributed by atoms with E-state index in [9.17, 15) is 0 Å². The summed E-state index contributed by atoms with van der Waals surface area (Å²) in [6, 6.07) is 4.05. The van der Waals surface area contributed by atoms with E-state index in [1.54, 1.807) is 13.4 Å². The number of H-pyrrole nitrogens is 1. The molecule has 0 amide bonds. The van der Waals surface area contributed by atoms with Gasteiger partial charge in [-0.05, 0) is 18.1 Å². The number of imidazole rings is 1. The van der Waals surface area contributed by atoms with Gasteiger partial charge in [0, 0.05) is 7.49 Å². The van der Waals surface area contributed by atoms with Crippen LogP contribution in [0.5, 0.6) is 5.75 Å². The topological polar surface area (TPSA) is 37.9 Å². The highest BCUT2D eigenvalue weighted by molar-refractivity contribution is 5.77. The predicted octanol–water partition coefficient (Wildman–Crippen LogP) is 2.38. The lowest BCUT2D eigenvalue weighted by atomic mass is 10.1. The van der Waals surface area contributed by atoms with Crippen LogP contribution >= 0.6 is 0 Å². The second-order valence-corrected chi connectivity index (χ2v) is 2.94. The fourth-order valence-corrected chi connectivity index (χ4v) is 1.47. The van der Waals surface area contributed by atoms with Crippen LogP contribution in [0.25, 0.3) is 11.0 Å². The van der Waals surface area contributed by atoms with Gasteiger partial charge in [-0.25, -0.2) is 4.98 Å². The number of hydrogen-bond acceptors (Lipinski definition) is 2.